The molecule has 0 heterocycles. The first-order chi connectivity index (χ1) is 10.6. The third kappa shape index (κ3) is 3.02. The van der Waals surface area contributed by atoms with E-state index in [1.807, 2.05) is 0 Å². The van der Waals surface area contributed by atoms with E-state index >= 15 is 0 Å². The Balaban J connectivity index is 2.15. The van der Waals surface area contributed by atoms with Gasteiger partial charge in [-0.05, 0) is 6.42 Å². The lowest BCUT2D eigenvalue weighted by Crippen LogP contribution is -2.45. The molecule has 22 heavy (non-hydrogen) atoms. The Morgan fingerprint density at radius 3 is 1.73 bits per heavy atom. The Bertz CT molecular complexity index is 654. The third-order valence-corrected chi connectivity index (χ3v) is 6.49. The Labute approximate surface area is 135 Å². The van der Waals surface area contributed by atoms with E-state index in [1.54, 1.807) is 10.7 Å². The number of hydrogen-bond donors (Lipinski definition) is 0. The summed E-state index contributed by atoms with van der Waals surface area (Å²) in [4.78, 5) is 0. The molecule has 0 amide bonds. The highest BCUT2D eigenvalue weighted by Crippen LogP contribution is 2.29. The van der Waals surface area contributed by atoms with Crippen LogP contribution in [0.1, 0.15) is 6.42 Å². The zero-order valence-corrected chi connectivity index (χ0v) is 14.7. The molecule has 110 valence electrons. The molecule has 0 saturated heterocycles. The minimum atomic E-state index is -1.32. The molecule has 0 bridgehead atoms. The van der Waals surface area contributed by atoms with Gasteiger partial charge in [0.15, 0.2) is 0 Å². The van der Waals surface area contributed by atoms with E-state index in [0.29, 0.717) is 6.71 Å². The molecule has 0 aromatic heterocycles. The van der Waals surface area contributed by atoms with Crippen molar-refractivity contribution in [3.05, 3.63) is 83.5 Å². The summed E-state index contributed by atoms with van der Waals surface area (Å²) in [5.74, 6) is 0. The largest absolute Gasteiger partial charge is 0.237 e. The Hall–Kier alpha value is -1.80. The second-order valence-electron chi connectivity index (χ2n) is 7.05. The van der Waals surface area contributed by atoms with Crippen LogP contribution in [0.3, 0.4) is 0 Å². The first-order valence-electron chi connectivity index (χ1n) is 8.07. The first-order valence-corrected chi connectivity index (χ1v) is 11.6. The van der Waals surface area contributed by atoms with Crippen molar-refractivity contribution >= 4 is 25.7 Å². The molecule has 2 heteroatoms. The van der Waals surface area contributed by atoms with E-state index in [4.69, 9.17) is 0 Å². The van der Waals surface area contributed by atoms with Crippen LogP contribution < -0.4 is 10.9 Å². The lowest BCUT2D eigenvalue weighted by molar-refractivity contribution is 1.38. The highest BCUT2D eigenvalue weighted by Gasteiger charge is 2.31. The Morgan fingerprint density at radius 2 is 1.27 bits per heavy atom. The fraction of sp³-hybridized carbons (Fsp3) is 0.200. The summed E-state index contributed by atoms with van der Waals surface area (Å²) in [7, 11) is -1.32. The van der Waals surface area contributed by atoms with Crippen molar-refractivity contribution in [2.45, 2.75) is 26.1 Å². The number of benzene rings is 2. The summed E-state index contributed by atoms with van der Waals surface area (Å²) in [6, 6.07) is 21.9. The highest BCUT2D eigenvalue weighted by atomic mass is 28.3. The molecule has 1 aliphatic carbocycles. The van der Waals surface area contributed by atoms with Gasteiger partial charge in [0.2, 0.25) is 6.71 Å². The maximum Gasteiger partial charge on any atom is 0.237 e. The zero-order valence-electron chi connectivity index (χ0n) is 13.7. The molecule has 2 aromatic carbocycles. The lowest BCUT2D eigenvalue weighted by atomic mass is 9.36. The van der Waals surface area contributed by atoms with Gasteiger partial charge < -0.3 is 0 Å². The van der Waals surface area contributed by atoms with E-state index in [1.165, 1.54) is 10.9 Å². The van der Waals surface area contributed by atoms with Crippen molar-refractivity contribution in [3.63, 3.8) is 0 Å². The minimum Gasteiger partial charge on any atom is -0.0878 e. The van der Waals surface area contributed by atoms with Crippen molar-refractivity contribution in [2.75, 3.05) is 0 Å². The van der Waals surface area contributed by atoms with Gasteiger partial charge in [0.25, 0.3) is 0 Å². The lowest BCUT2D eigenvalue weighted by Gasteiger charge is -2.24. The third-order valence-electron chi connectivity index (χ3n) is 4.39. The Morgan fingerprint density at radius 1 is 0.773 bits per heavy atom. The molecule has 0 saturated carbocycles. The highest BCUT2D eigenvalue weighted by molar-refractivity contribution is 6.94. The van der Waals surface area contributed by atoms with Gasteiger partial charge in [-0.2, -0.15) is 0 Å². The molecule has 3 rings (SSSR count). The molecule has 0 unspecified atom stereocenters. The topological polar surface area (TPSA) is 0 Å². The normalized spacial score (nSPS) is 14.5. The maximum atomic E-state index is 2.45. The standard InChI is InChI=1S/C20H23BSi/c1-22(2,3)20-16-10-15-19(20)21(17-11-6-4-7-12-17)18-13-8-5-9-14-18/h4-14,16H,15H2,1-3H3. The summed E-state index contributed by atoms with van der Waals surface area (Å²) in [6.45, 7) is 7.74. The van der Waals surface area contributed by atoms with E-state index < -0.39 is 8.07 Å². The first kappa shape index (κ1) is 15.1. The quantitative estimate of drug-likeness (QED) is 0.750. The average Bonchev–Trinajstić information content (AvgIpc) is 2.99. The van der Waals surface area contributed by atoms with Gasteiger partial charge in [0, 0.05) is 0 Å². The predicted octanol–water partition coefficient (Wildman–Crippen LogP) is 3.97. The second kappa shape index (κ2) is 6.13. The molecule has 0 N–H and O–H groups in total. The second-order valence-corrected chi connectivity index (χ2v) is 12.1. The number of hydrogen-bond acceptors (Lipinski definition) is 0. The summed E-state index contributed by atoms with van der Waals surface area (Å²) in [6.07, 6.45) is 5.83. The zero-order chi connectivity index (χ0) is 15.6. The predicted molar refractivity (Wildman–Crippen MR) is 102 cm³/mol. The van der Waals surface area contributed by atoms with Crippen molar-refractivity contribution in [2.24, 2.45) is 0 Å². The fourth-order valence-electron chi connectivity index (χ4n) is 3.41. The van der Waals surface area contributed by atoms with Crippen molar-refractivity contribution in [3.8, 4) is 0 Å². The van der Waals surface area contributed by atoms with E-state index in [2.05, 4.69) is 92.5 Å². The van der Waals surface area contributed by atoms with Crippen LogP contribution in [0.2, 0.25) is 19.6 Å². The van der Waals surface area contributed by atoms with E-state index in [0.717, 1.165) is 6.42 Å². The number of allylic oxidation sites excluding steroid dienone is 4. The molecule has 0 radical (unpaired) electrons. The van der Waals surface area contributed by atoms with Crippen molar-refractivity contribution in [1.29, 1.82) is 0 Å². The van der Waals surface area contributed by atoms with Gasteiger partial charge in [0.05, 0.1) is 8.07 Å². The van der Waals surface area contributed by atoms with Crippen molar-refractivity contribution < 1.29 is 0 Å². The van der Waals surface area contributed by atoms with Crippen molar-refractivity contribution in [1.82, 2.24) is 0 Å². The van der Waals surface area contributed by atoms with Gasteiger partial charge in [-0.3, -0.25) is 0 Å². The van der Waals surface area contributed by atoms with Crippen LogP contribution in [0.15, 0.2) is 83.5 Å². The summed E-state index contributed by atoms with van der Waals surface area (Å²) >= 11 is 0. The molecular weight excluding hydrogens is 279 g/mol. The van der Waals surface area contributed by atoms with Crippen LogP contribution in [0.4, 0.5) is 0 Å². The number of rotatable bonds is 4. The molecule has 1 aliphatic rings. The van der Waals surface area contributed by atoms with Gasteiger partial charge in [-0.25, -0.2) is 0 Å². The van der Waals surface area contributed by atoms with Crippen LogP contribution in [-0.4, -0.2) is 14.8 Å². The van der Waals surface area contributed by atoms with Gasteiger partial charge in [0.1, 0.15) is 0 Å². The summed E-state index contributed by atoms with van der Waals surface area (Å²) < 4.78 is 0. The summed E-state index contributed by atoms with van der Waals surface area (Å²) in [5.41, 5.74) is 4.42. The van der Waals surface area contributed by atoms with Crippen LogP contribution >= 0.6 is 0 Å². The smallest absolute Gasteiger partial charge is 0.0878 e. The van der Waals surface area contributed by atoms with Gasteiger partial charge in [-0.1, -0.05) is 114 Å². The molecule has 0 spiro atoms. The fourth-order valence-corrected chi connectivity index (χ4v) is 5.24. The molecule has 0 nitrogen and oxygen atoms in total. The Kier molecular flexibility index (Phi) is 4.21. The molecule has 0 fully saturated rings. The maximum absolute atomic E-state index is 2.45. The monoisotopic (exact) mass is 302 g/mol. The molecule has 0 atom stereocenters. The minimum absolute atomic E-state index is 0.388. The molecular formula is C20H23BSi. The molecule has 0 aliphatic heterocycles. The summed E-state index contributed by atoms with van der Waals surface area (Å²) in [5, 5.41) is 1.63. The van der Waals surface area contributed by atoms with Gasteiger partial charge >= 0.3 is 0 Å². The van der Waals surface area contributed by atoms with Crippen LogP contribution in [0.25, 0.3) is 0 Å². The molecule has 2 aromatic rings. The van der Waals surface area contributed by atoms with Crippen LogP contribution in [0, 0.1) is 0 Å². The van der Waals surface area contributed by atoms with E-state index in [-0.39, 0.29) is 0 Å². The van der Waals surface area contributed by atoms with Crippen LogP contribution in [-0.2, 0) is 0 Å². The average molecular weight is 302 g/mol. The van der Waals surface area contributed by atoms with E-state index in [9.17, 15) is 0 Å². The van der Waals surface area contributed by atoms with Crippen LogP contribution in [0.5, 0.6) is 0 Å². The van der Waals surface area contributed by atoms with Gasteiger partial charge in [-0.15, -0.1) is 0 Å². The SMILES string of the molecule is C[Si](C)(C)C1=C(B(c2ccccc2)c2ccccc2)CC=C1.